The van der Waals surface area contributed by atoms with E-state index in [1.165, 1.54) is 30.4 Å². The molecule has 0 bridgehead atoms. The number of nitrogens with one attached hydrogen (secondary N) is 1. The van der Waals surface area contributed by atoms with E-state index in [0.717, 1.165) is 11.8 Å². The molecule has 1 aliphatic rings. The maximum atomic E-state index is 3.84. The van der Waals surface area contributed by atoms with Gasteiger partial charge in [0.1, 0.15) is 0 Å². The fourth-order valence-corrected chi connectivity index (χ4v) is 3.17. The quantitative estimate of drug-likeness (QED) is 0.828. The van der Waals surface area contributed by atoms with Gasteiger partial charge in [-0.05, 0) is 37.7 Å². The minimum Gasteiger partial charge on any atom is -0.307 e. The van der Waals surface area contributed by atoms with Crippen LogP contribution in [0.1, 0.15) is 57.2 Å². The second kappa shape index (κ2) is 5.88. The summed E-state index contributed by atoms with van der Waals surface area (Å²) in [5, 5.41) is 3.84. The van der Waals surface area contributed by atoms with E-state index in [9.17, 15) is 0 Å². The summed E-state index contributed by atoms with van der Waals surface area (Å²) >= 11 is 0. The van der Waals surface area contributed by atoms with Gasteiger partial charge in [0.15, 0.2) is 0 Å². The maximum Gasteiger partial charge on any atom is 0.0294 e. The van der Waals surface area contributed by atoms with Crippen LogP contribution in [-0.2, 0) is 0 Å². The molecule has 0 heterocycles. The molecule has 1 nitrogen and oxygen atoms in total. The Morgan fingerprint density at radius 1 is 1.22 bits per heavy atom. The smallest absolute Gasteiger partial charge is 0.0294 e. The predicted octanol–water partition coefficient (Wildman–Crippen LogP) is 4.47. The zero-order chi connectivity index (χ0) is 13.1. The Bertz CT molecular complexity index is 385. The van der Waals surface area contributed by atoms with Crippen LogP contribution in [-0.4, -0.2) is 6.04 Å². The fraction of sp³-hybridized carbons (Fsp3) is 0.647. The van der Waals surface area contributed by atoms with Gasteiger partial charge in [-0.25, -0.2) is 0 Å². The lowest BCUT2D eigenvalue weighted by Crippen LogP contribution is -2.41. The van der Waals surface area contributed by atoms with Crippen molar-refractivity contribution in [3.63, 3.8) is 0 Å². The first kappa shape index (κ1) is 13.6. The molecule has 1 heteroatoms. The van der Waals surface area contributed by atoms with Crippen LogP contribution in [0.4, 0.5) is 0 Å². The van der Waals surface area contributed by atoms with E-state index in [1.54, 1.807) is 0 Å². The summed E-state index contributed by atoms with van der Waals surface area (Å²) in [7, 11) is 0. The minimum atomic E-state index is 0.461. The van der Waals surface area contributed by atoms with Crippen LogP contribution in [0, 0.1) is 18.8 Å². The Balaban J connectivity index is 2.00. The summed E-state index contributed by atoms with van der Waals surface area (Å²) in [4.78, 5) is 0. The molecule has 0 aliphatic heterocycles. The number of rotatable bonds is 3. The van der Waals surface area contributed by atoms with Crippen LogP contribution in [0.3, 0.4) is 0 Å². The topological polar surface area (TPSA) is 12.0 Å². The van der Waals surface area contributed by atoms with E-state index < -0.39 is 0 Å². The molecule has 1 N–H and O–H groups in total. The van der Waals surface area contributed by atoms with Crippen LogP contribution in [0.5, 0.6) is 0 Å². The van der Waals surface area contributed by atoms with E-state index in [-0.39, 0.29) is 0 Å². The van der Waals surface area contributed by atoms with Crippen molar-refractivity contribution in [2.24, 2.45) is 11.8 Å². The molecule has 1 saturated carbocycles. The predicted molar refractivity (Wildman–Crippen MR) is 78.7 cm³/mol. The van der Waals surface area contributed by atoms with Crippen molar-refractivity contribution in [1.29, 1.82) is 0 Å². The monoisotopic (exact) mass is 245 g/mol. The van der Waals surface area contributed by atoms with Gasteiger partial charge in [-0.3, -0.25) is 0 Å². The lowest BCUT2D eigenvalue weighted by atomic mass is 9.77. The Morgan fingerprint density at radius 3 is 2.72 bits per heavy atom. The summed E-state index contributed by atoms with van der Waals surface area (Å²) in [6.45, 7) is 9.27. The number of aryl methyl sites for hydroxylation is 1. The second-order valence-electron chi connectivity index (χ2n) is 6.18. The van der Waals surface area contributed by atoms with Gasteiger partial charge >= 0.3 is 0 Å². The first-order chi connectivity index (χ1) is 8.58. The average molecular weight is 245 g/mol. The number of hydrogen-bond acceptors (Lipinski definition) is 1. The summed E-state index contributed by atoms with van der Waals surface area (Å²) in [6.07, 6.45) is 4.11. The normalized spacial score (nSPS) is 30.1. The molecule has 0 spiro atoms. The molecule has 3 unspecified atom stereocenters. The van der Waals surface area contributed by atoms with E-state index in [0.29, 0.717) is 12.1 Å². The van der Waals surface area contributed by atoms with Crippen LogP contribution in [0.2, 0.25) is 0 Å². The zero-order valence-corrected chi connectivity index (χ0v) is 12.2. The zero-order valence-electron chi connectivity index (χ0n) is 12.2. The highest BCUT2D eigenvalue weighted by Gasteiger charge is 2.27. The summed E-state index contributed by atoms with van der Waals surface area (Å²) in [6, 6.07) is 10.0. The molecule has 0 saturated heterocycles. The summed E-state index contributed by atoms with van der Waals surface area (Å²) in [5.41, 5.74) is 2.77. The van der Waals surface area contributed by atoms with E-state index >= 15 is 0 Å². The van der Waals surface area contributed by atoms with Crippen molar-refractivity contribution in [2.75, 3.05) is 0 Å². The fourth-order valence-electron chi connectivity index (χ4n) is 3.17. The van der Waals surface area contributed by atoms with Gasteiger partial charge in [0.25, 0.3) is 0 Å². The second-order valence-corrected chi connectivity index (χ2v) is 6.18. The van der Waals surface area contributed by atoms with Gasteiger partial charge in [0.05, 0.1) is 0 Å². The van der Waals surface area contributed by atoms with Crippen LogP contribution in [0.25, 0.3) is 0 Å². The van der Waals surface area contributed by atoms with Gasteiger partial charge in [0, 0.05) is 12.1 Å². The first-order valence-corrected chi connectivity index (χ1v) is 7.40. The van der Waals surface area contributed by atoms with Crippen molar-refractivity contribution in [3.05, 3.63) is 35.4 Å². The first-order valence-electron chi connectivity index (χ1n) is 7.40. The summed E-state index contributed by atoms with van der Waals surface area (Å²) in [5.74, 6) is 1.66. The Hall–Kier alpha value is -0.820. The van der Waals surface area contributed by atoms with Crippen molar-refractivity contribution >= 4 is 0 Å². The van der Waals surface area contributed by atoms with E-state index in [4.69, 9.17) is 0 Å². The molecule has 1 aromatic carbocycles. The molecule has 4 atom stereocenters. The average Bonchev–Trinajstić information content (AvgIpc) is 2.35. The molecule has 100 valence electrons. The van der Waals surface area contributed by atoms with Crippen molar-refractivity contribution < 1.29 is 0 Å². The highest BCUT2D eigenvalue weighted by molar-refractivity contribution is 5.24. The highest BCUT2D eigenvalue weighted by atomic mass is 15.0. The van der Waals surface area contributed by atoms with Gasteiger partial charge in [-0.2, -0.15) is 0 Å². The standard InChI is InChI=1S/C17H27N/c1-12-7-5-9-16(11-12)15(4)18-17-10-6-8-13(2)14(17)3/h5,7,9,11,13-15,17-18H,6,8,10H2,1-4H3/t13?,14?,15-,17?/m0/s1. The third kappa shape index (κ3) is 3.14. The molecule has 0 radical (unpaired) electrons. The van der Waals surface area contributed by atoms with Crippen molar-refractivity contribution in [1.82, 2.24) is 5.32 Å². The van der Waals surface area contributed by atoms with Gasteiger partial charge in [-0.15, -0.1) is 0 Å². The molecular weight excluding hydrogens is 218 g/mol. The van der Waals surface area contributed by atoms with E-state index in [2.05, 4.69) is 57.3 Å². The molecule has 0 aromatic heterocycles. The van der Waals surface area contributed by atoms with Gasteiger partial charge in [-0.1, -0.05) is 56.5 Å². The van der Waals surface area contributed by atoms with Crippen LogP contribution >= 0.6 is 0 Å². The number of hydrogen-bond donors (Lipinski definition) is 1. The largest absolute Gasteiger partial charge is 0.307 e. The van der Waals surface area contributed by atoms with E-state index in [1.807, 2.05) is 0 Å². The Kier molecular flexibility index (Phi) is 4.45. The van der Waals surface area contributed by atoms with Crippen molar-refractivity contribution in [3.8, 4) is 0 Å². The third-order valence-electron chi connectivity index (χ3n) is 4.71. The van der Waals surface area contributed by atoms with Gasteiger partial charge < -0.3 is 5.32 Å². The van der Waals surface area contributed by atoms with Crippen LogP contribution in [0.15, 0.2) is 24.3 Å². The SMILES string of the molecule is Cc1cccc([C@H](C)NC2CCCC(C)C2C)c1. The molecule has 18 heavy (non-hydrogen) atoms. The molecular formula is C17H27N. The Labute approximate surface area is 112 Å². The molecule has 1 aromatic rings. The van der Waals surface area contributed by atoms with Gasteiger partial charge in [0.2, 0.25) is 0 Å². The minimum absolute atomic E-state index is 0.461. The van der Waals surface area contributed by atoms with Crippen LogP contribution < -0.4 is 5.32 Å². The molecule has 1 aliphatic carbocycles. The molecule has 2 rings (SSSR count). The highest BCUT2D eigenvalue weighted by Crippen LogP contribution is 2.31. The molecule has 0 amide bonds. The molecule has 1 fully saturated rings. The van der Waals surface area contributed by atoms with Crippen molar-refractivity contribution in [2.45, 2.75) is 59.0 Å². The summed E-state index contributed by atoms with van der Waals surface area (Å²) < 4.78 is 0. The number of benzene rings is 1. The third-order valence-corrected chi connectivity index (χ3v) is 4.71. The maximum absolute atomic E-state index is 3.84. The lowest BCUT2D eigenvalue weighted by molar-refractivity contribution is 0.196. The Morgan fingerprint density at radius 2 is 2.00 bits per heavy atom. The lowest BCUT2D eigenvalue weighted by Gasteiger charge is -2.36.